The van der Waals surface area contributed by atoms with Crippen molar-refractivity contribution in [2.75, 3.05) is 0 Å². The number of thiophene rings is 1. The first-order chi connectivity index (χ1) is 20.7. The molecule has 0 aliphatic carbocycles. The van der Waals surface area contributed by atoms with Gasteiger partial charge in [-0.05, 0) is 48.0 Å². The Morgan fingerprint density at radius 1 is 0.953 bits per heavy atom. The van der Waals surface area contributed by atoms with E-state index in [0.717, 1.165) is 15.8 Å². The lowest BCUT2D eigenvalue weighted by Gasteiger charge is -2.27. The maximum absolute atomic E-state index is 13.1. The van der Waals surface area contributed by atoms with Gasteiger partial charge < -0.3 is 19.9 Å². The number of rotatable bonds is 6. The normalized spacial score (nSPS) is 14.2. The van der Waals surface area contributed by atoms with Crippen molar-refractivity contribution >= 4 is 73.8 Å². The van der Waals surface area contributed by atoms with Crippen LogP contribution in [0.1, 0.15) is 32.3 Å². The number of allylic oxidation sites excluding steroid dienone is 1. The minimum absolute atomic E-state index is 0.0510. The average molecular weight is 668 g/mol. The zero-order valence-corrected chi connectivity index (χ0v) is 25.7. The van der Waals surface area contributed by atoms with E-state index < -0.39 is 11.9 Å². The van der Waals surface area contributed by atoms with Crippen molar-refractivity contribution in [1.82, 2.24) is 0 Å². The van der Waals surface area contributed by atoms with E-state index in [4.69, 9.17) is 66.3 Å². The number of carbonyl (C=O) groups excluding carboxylic acids is 1. The standard InChI is InChI=1S/C32H18Cl4N2O4S/c33-18-8-7-17(24(35)12-18)15-40-19-4-1-3-16(11-19)27-21-10-9-20(13-25(21)42-31(38)22(27)14-37)41-32(39)30-29(36)28-23(34)5-2-6-26(28)43-30/h1-13,27H,15,38H2. The molecule has 2 heterocycles. The van der Waals surface area contributed by atoms with Crippen molar-refractivity contribution in [2.24, 2.45) is 5.73 Å². The summed E-state index contributed by atoms with van der Waals surface area (Å²) in [5, 5.41) is 12.3. The predicted molar refractivity (Wildman–Crippen MR) is 170 cm³/mol. The zero-order valence-electron chi connectivity index (χ0n) is 21.9. The molecule has 0 amide bonds. The maximum Gasteiger partial charge on any atom is 0.355 e. The fraction of sp³-hybridized carbons (Fsp3) is 0.0625. The summed E-state index contributed by atoms with van der Waals surface area (Å²) in [6.07, 6.45) is 0. The van der Waals surface area contributed by atoms with Crippen LogP contribution in [0.5, 0.6) is 17.2 Å². The number of esters is 1. The number of nitrogens with zero attached hydrogens (tertiary/aromatic N) is 1. The summed E-state index contributed by atoms with van der Waals surface area (Å²) in [5.41, 5.74) is 8.62. The summed E-state index contributed by atoms with van der Waals surface area (Å²) < 4.78 is 18.2. The summed E-state index contributed by atoms with van der Waals surface area (Å²) in [6.45, 7) is 0.220. The van der Waals surface area contributed by atoms with Gasteiger partial charge in [0.1, 0.15) is 40.4 Å². The minimum atomic E-state index is -0.638. The lowest BCUT2D eigenvalue weighted by Crippen LogP contribution is -2.21. The fourth-order valence-electron chi connectivity index (χ4n) is 4.78. The van der Waals surface area contributed by atoms with E-state index in [1.807, 2.05) is 30.3 Å². The van der Waals surface area contributed by atoms with Gasteiger partial charge in [-0.2, -0.15) is 5.26 Å². The van der Waals surface area contributed by atoms with Gasteiger partial charge in [-0.25, -0.2) is 4.79 Å². The molecule has 0 saturated carbocycles. The zero-order chi connectivity index (χ0) is 30.2. The topological polar surface area (TPSA) is 94.6 Å². The Balaban J connectivity index is 1.28. The van der Waals surface area contributed by atoms with E-state index in [2.05, 4.69) is 6.07 Å². The van der Waals surface area contributed by atoms with E-state index in [1.54, 1.807) is 48.5 Å². The van der Waals surface area contributed by atoms with Crippen molar-refractivity contribution in [3.05, 3.63) is 132 Å². The molecule has 214 valence electrons. The molecule has 0 fully saturated rings. The van der Waals surface area contributed by atoms with Crippen LogP contribution in [0.2, 0.25) is 20.1 Å². The summed E-state index contributed by atoms with van der Waals surface area (Å²) in [7, 11) is 0. The molecule has 1 aliphatic rings. The van der Waals surface area contributed by atoms with Crippen molar-refractivity contribution in [3.63, 3.8) is 0 Å². The third kappa shape index (κ3) is 5.73. The van der Waals surface area contributed by atoms with E-state index in [9.17, 15) is 10.1 Å². The summed E-state index contributed by atoms with van der Waals surface area (Å²) in [4.78, 5) is 13.3. The number of carbonyl (C=O) groups is 1. The SMILES string of the molecule is N#CC1=C(N)Oc2cc(OC(=O)c3sc4cccc(Cl)c4c3Cl)ccc2C1c1cccc(OCc2ccc(Cl)cc2Cl)c1. The maximum atomic E-state index is 13.1. The van der Waals surface area contributed by atoms with Gasteiger partial charge in [0.15, 0.2) is 0 Å². The number of nitriles is 1. The van der Waals surface area contributed by atoms with Crippen LogP contribution >= 0.6 is 57.7 Å². The highest BCUT2D eigenvalue weighted by Gasteiger charge is 2.31. The largest absolute Gasteiger partial charge is 0.489 e. The van der Waals surface area contributed by atoms with Crippen LogP contribution in [0.4, 0.5) is 0 Å². The first-order valence-electron chi connectivity index (χ1n) is 12.7. The Morgan fingerprint density at radius 2 is 1.77 bits per heavy atom. The molecule has 43 heavy (non-hydrogen) atoms. The number of hydrogen-bond donors (Lipinski definition) is 1. The molecule has 6 rings (SSSR count). The van der Waals surface area contributed by atoms with Gasteiger partial charge in [0.2, 0.25) is 5.88 Å². The van der Waals surface area contributed by atoms with Crippen LogP contribution < -0.4 is 19.9 Å². The van der Waals surface area contributed by atoms with Gasteiger partial charge in [0.05, 0.1) is 16.0 Å². The van der Waals surface area contributed by atoms with Gasteiger partial charge in [-0.3, -0.25) is 0 Å². The molecule has 0 bridgehead atoms. The number of fused-ring (bicyclic) bond motifs is 2. The second kappa shape index (κ2) is 12.0. The Bertz CT molecular complexity index is 2000. The number of ether oxygens (including phenoxy) is 3. The summed E-state index contributed by atoms with van der Waals surface area (Å²) in [6, 6.07) is 24.9. The molecule has 1 aromatic heterocycles. The molecule has 1 unspecified atom stereocenters. The van der Waals surface area contributed by atoms with Crippen molar-refractivity contribution in [1.29, 1.82) is 5.26 Å². The third-order valence-corrected chi connectivity index (χ3v) is 9.32. The Hall–Kier alpha value is -3.90. The van der Waals surface area contributed by atoms with E-state index in [0.29, 0.717) is 37.5 Å². The van der Waals surface area contributed by atoms with Crippen LogP contribution in [0.25, 0.3) is 10.1 Å². The first-order valence-corrected chi connectivity index (χ1v) is 15.0. The van der Waals surface area contributed by atoms with Gasteiger partial charge in [0.25, 0.3) is 0 Å². The predicted octanol–water partition coefficient (Wildman–Crippen LogP) is 9.53. The smallest absolute Gasteiger partial charge is 0.355 e. The Morgan fingerprint density at radius 3 is 2.53 bits per heavy atom. The fourth-order valence-corrected chi connectivity index (χ4v) is 7.07. The molecule has 1 aliphatic heterocycles. The van der Waals surface area contributed by atoms with E-state index in [1.165, 1.54) is 11.3 Å². The van der Waals surface area contributed by atoms with Crippen molar-refractivity contribution in [3.8, 4) is 23.3 Å². The highest BCUT2D eigenvalue weighted by atomic mass is 35.5. The number of benzene rings is 4. The molecule has 6 nitrogen and oxygen atoms in total. The lowest BCUT2D eigenvalue weighted by atomic mass is 9.83. The summed E-state index contributed by atoms with van der Waals surface area (Å²) in [5.74, 6) is -0.117. The Labute approximate surface area is 270 Å². The second-order valence-electron chi connectivity index (χ2n) is 9.47. The van der Waals surface area contributed by atoms with Crippen LogP contribution in [0.15, 0.2) is 90.3 Å². The first kappa shape index (κ1) is 29.2. The molecular weight excluding hydrogens is 650 g/mol. The Kier molecular flexibility index (Phi) is 8.15. The van der Waals surface area contributed by atoms with Crippen LogP contribution in [0.3, 0.4) is 0 Å². The molecule has 0 saturated heterocycles. The average Bonchev–Trinajstić information content (AvgIpc) is 3.33. The van der Waals surface area contributed by atoms with Crippen molar-refractivity contribution in [2.45, 2.75) is 12.5 Å². The number of halogens is 4. The van der Waals surface area contributed by atoms with Gasteiger partial charge in [0, 0.05) is 37.3 Å². The highest BCUT2D eigenvalue weighted by molar-refractivity contribution is 7.21. The van der Waals surface area contributed by atoms with E-state index >= 15 is 0 Å². The van der Waals surface area contributed by atoms with Crippen LogP contribution in [0, 0.1) is 11.3 Å². The molecule has 2 N–H and O–H groups in total. The molecule has 4 aromatic carbocycles. The van der Waals surface area contributed by atoms with Crippen LogP contribution in [-0.2, 0) is 6.61 Å². The molecule has 11 heteroatoms. The number of hydrogen-bond acceptors (Lipinski definition) is 7. The van der Waals surface area contributed by atoms with Crippen LogP contribution in [-0.4, -0.2) is 5.97 Å². The lowest BCUT2D eigenvalue weighted by molar-refractivity contribution is 0.0740. The number of nitrogens with two attached hydrogens (primary N) is 1. The minimum Gasteiger partial charge on any atom is -0.489 e. The quantitative estimate of drug-likeness (QED) is 0.143. The molecular formula is C32H18Cl4N2O4S. The summed E-state index contributed by atoms with van der Waals surface area (Å²) >= 11 is 26.3. The van der Waals surface area contributed by atoms with E-state index in [-0.39, 0.29) is 33.7 Å². The van der Waals surface area contributed by atoms with Gasteiger partial charge in [-0.15, -0.1) is 11.3 Å². The van der Waals surface area contributed by atoms with Crippen molar-refractivity contribution < 1.29 is 19.0 Å². The third-order valence-electron chi connectivity index (χ3n) is 6.79. The highest BCUT2D eigenvalue weighted by Crippen LogP contribution is 2.45. The van der Waals surface area contributed by atoms with Gasteiger partial charge >= 0.3 is 5.97 Å². The second-order valence-corrected chi connectivity index (χ2v) is 12.1. The molecule has 0 radical (unpaired) electrons. The molecule has 5 aromatic rings. The monoisotopic (exact) mass is 666 g/mol. The molecule has 1 atom stereocenters. The molecule has 0 spiro atoms. The van der Waals surface area contributed by atoms with Gasteiger partial charge in [-0.1, -0.05) is 76.7 Å².